The molecule has 0 bridgehead atoms. The third kappa shape index (κ3) is 5.75. The van der Waals surface area contributed by atoms with Crippen molar-refractivity contribution in [1.82, 2.24) is 10.6 Å². The zero-order valence-electron chi connectivity index (χ0n) is 17.7. The van der Waals surface area contributed by atoms with Gasteiger partial charge in [0.05, 0.1) is 6.17 Å². The first-order chi connectivity index (χ1) is 14.9. The van der Waals surface area contributed by atoms with Gasteiger partial charge in [0.1, 0.15) is 6.04 Å². The molecule has 8 heteroatoms. The van der Waals surface area contributed by atoms with Crippen molar-refractivity contribution in [2.24, 2.45) is 0 Å². The molecule has 1 heterocycles. The first-order valence-electron chi connectivity index (χ1n) is 10.3. The van der Waals surface area contributed by atoms with Gasteiger partial charge in [-0.2, -0.15) is 24.4 Å². The van der Waals surface area contributed by atoms with E-state index in [4.69, 9.17) is 0 Å². The van der Waals surface area contributed by atoms with E-state index in [1.165, 1.54) is 0 Å². The number of rotatable bonds is 9. The zero-order valence-corrected chi connectivity index (χ0v) is 19.5. The van der Waals surface area contributed by atoms with Crippen LogP contribution in [0.1, 0.15) is 23.2 Å². The van der Waals surface area contributed by atoms with E-state index in [2.05, 4.69) is 28.2 Å². The summed E-state index contributed by atoms with van der Waals surface area (Å²) < 4.78 is 0. The Kier molecular flexibility index (Phi) is 8.28. The van der Waals surface area contributed by atoms with Gasteiger partial charge in [0, 0.05) is 23.5 Å². The number of carboxylic acids is 1. The number of thioether (sulfide) groups is 1. The molecule has 0 spiro atoms. The number of hydrogen-bond acceptors (Lipinski definition) is 6. The minimum absolute atomic E-state index is 0.0650. The maximum atomic E-state index is 13.2. The van der Waals surface area contributed by atoms with E-state index < -0.39 is 12.0 Å². The van der Waals surface area contributed by atoms with Gasteiger partial charge in [0.15, 0.2) is 0 Å². The van der Waals surface area contributed by atoms with Crippen LogP contribution in [0.15, 0.2) is 48.5 Å². The molecule has 3 atom stereocenters. The van der Waals surface area contributed by atoms with Crippen LogP contribution in [0.3, 0.4) is 0 Å². The summed E-state index contributed by atoms with van der Waals surface area (Å²) >= 11 is 6.23. The first kappa shape index (κ1) is 23.5. The molecule has 2 aromatic rings. The monoisotopic (exact) mass is 459 g/mol. The number of benzene rings is 2. The number of aliphatic carboxylic acids is 1. The Bertz CT molecular complexity index is 910. The van der Waals surface area contributed by atoms with Gasteiger partial charge in [0.25, 0.3) is 5.91 Å². The number of carbonyl (C=O) groups excluding carboxylic acids is 1. The number of anilines is 1. The van der Waals surface area contributed by atoms with Gasteiger partial charge in [-0.25, -0.2) is 4.79 Å². The molecule has 3 N–H and O–H groups in total. The molecule has 31 heavy (non-hydrogen) atoms. The lowest BCUT2D eigenvalue weighted by molar-refractivity contribution is -0.139. The van der Waals surface area contributed by atoms with E-state index in [1.54, 1.807) is 11.8 Å². The summed E-state index contributed by atoms with van der Waals surface area (Å²) in [7, 11) is 1.98. The number of carbonyl (C=O) groups is 2. The minimum atomic E-state index is -1.02. The van der Waals surface area contributed by atoms with Crippen LogP contribution in [-0.4, -0.2) is 60.0 Å². The van der Waals surface area contributed by atoms with E-state index in [9.17, 15) is 14.7 Å². The maximum absolute atomic E-state index is 13.2. The van der Waals surface area contributed by atoms with Crippen LogP contribution in [0.25, 0.3) is 11.1 Å². The Labute approximate surface area is 193 Å². The Morgan fingerprint density at radius 3 is 2.65 bits per heavy atom. The zero-order chi connectivity index (χ0) is 22.4. The molecule has 166 valence electrons. The van der Waals surface area contributed by atoms with Crippen LogP contribution in [0.4, 0.5) is 5.69 Å². The molecule has 3 rings (SSSR count). The molecular weight excluding hydrogens is 430 g/mol. The van der Waals surface area contributed by atoms with Crippen LogP contribution in [-0.2, 0) is 4.79 Å². The molecule has 1 fully saturated rings. The predicted octanol–water partition coefficient (Wildman–Crippen LogP) is 3.34. The molecule has 0 radical (unpaired) electrons. The lowest BCUT2D eigenvalue weighted by Crippen LogP contribution is -2.44. The fraction of sp³-hybridized carbons (Fsp3) is 0.391. The molecule has 0 aromatic heterocycles. The van der Waals surface area contributed by atoms with E-state index >= 15 is 0 Å². The van der Waals surface area contributed by atoms with Gasteiger partial charge in [-0.3, -0.25) is 10.1 Å². The number of amides is 1. The van der Waals surface area contributed by atoms with Crippen molar-refractivity contribution in [3.63, 3.8) is 0 Å². The Morgan fingerprint density at radius 2 is 2.03 bits per heavy atom. The number of thiol groups is 1. The van der Waals surface area contributed by atoms with E-state index in [1.807, 2.05) is 61.8 Å². The Morgan fingerprint density at radius 1 is 1.29 bits per heavy atom. The molecule has 6 nitrogen and oxygen atoms in total. The average Bonchev–Trinajstić information content (AvgIpc) is 3.21. The predicted molar refractivity (Wildman–Crippen MR) is 131 cm³/mol. The van der Waals surface area contributed by atoms with Crippen LogP contribution < -0.4 is 15.5 Å². The molecular formula is C23H29N3O3S2. The van der Waals surface area contributed by atoms with Gasteiger partial charge >= 0.3 is 5.97 Å². The second kappa shape index (κ2) is 10.9. The fourth-order valence-corrected chi connectivity index (χ4v) is 4.67. The third-order valence-electron chi connectivity index (χ3n) is 5.53. The summed E-state index contributed by atoms with van der Waals surface area (Å²) in [6.07, 6.45) is 3.33. The van der Waals surface area contributed by atoms with E-state index in [-0.39, 0.29) is 17.3 Å². The lowest BCUT2D eigenvalue weighted by Gasteiger charge is -2.30. The standard InChI is InChI=1S/C23H29N3O3S2/c1-26(21-20(30)10-12-24-21)16-8-9-17(15-6-4-3-5-7-15)18(14-16)22(27)25-19(23(28)29)11-13-31-2/h3-9,14,19-21,24,30H,10-13H2,1-2H3,(H,25,27)(H,28,29)/t19-,20?,21?/m0/s1. The Balaban J connectivity index is 1.95. The summed E-state index contributed by atoms with van der Waals surface area (Å²) in [4.78, 5) is 27.0. The third-order valence-corrected chi connectivity index (χ3v) is 6.71. The maximum Gasteiger partial charge on any atom is 0.326 e. The van der Waals surface area contributed by atoms with Gasteiger partial charge in [-0.1, -0.05) is 36.4 Å². The van der Waals surface area contributed by atoms with Crippen molar-refractivity contribution in [3.05, 3.63) is 54.1 Å². The normalized spacial score (nSPS) is 19.1. The highest BCUT2D eigenvalue weighted by atomic mass is 32.2. The molecule has 1 amide bonds. The van der Waals surface area contributed by atoms with E-state index in [0.717, 1.165) is 29.8 Å². The fourth-order valence-electron chi connectivity index (χ4n) is 3.77. The summed E-state index contributed by atoms with van der Waals surface area (Å²) in [6, 6.07) is 14.5. The number of nitrogens with one attached hydrogen (secondary N) is 2. The lowest BCUT2D eigenvalue weighted by atomic mass is 9.97. The highest BCUT2D eigenvalue weighted by molar-refractivity contribution is 7.98. The van der Waals surface area contributed by atoms with Crippen molar-refractivity contribution in [2.45, 2.75) is 30.3 Å². The summed E-state index contributed by atoms with van der Waals surface area (Å²) in [5.41, 5.74) is 3.01. The summed E-state index contributed by atoms with van der Waals surface area (Å²) in [6.45, 7) is 0.897. The smallest absolute Gasteiger partial charge is 0.326 e. The highest BCUT2D eigenvalue weighted by Crippen LogP contribution is 2.30. The van der Waals surface area contributed by atoms with Gasteiger partial charge in [-0.15, -0.1) is 0 Å². The molecule has 2 unspecified atom stereocenters. The molecule has 1 aliphatic rings. The van der Waals surface area contributed by atoms with Crippen LogP contribution in [0.5, 0.6) is 0 Å². The number of hydrogen-bond donors (Lipinski definition) is 4. The SMILES string of the molecule is CSCC[C@H](NC(=O)c1cc(N(C)C2NCCC2S)ccc1-c1ccccc1)C(=O)O. The van der Waals surface area contributed by atoms with Crippen LogP contribution >= 0.6 is 24.4 Å². The van der Waals surface area contributed by atoms with E-state index in [0.29, 0.717) is 17.7 Å². The number of nitrogens with zero attached hydrogens (tertiary/aromatic N) is 1. The molecule has 0 aliphatic carbocycles. The van der Waals surface area contributed by atoms with Crippen molar-refractivity contribution in [1.29, 1.82) is 0 Å². The summed E-state index contributed by atoms with van der Waals surface area (Å²) in [5.74, 6) is -0.753. The molecule has 1 saturated heterocycles. The van der Waals surface area contributed by atoms with Crippen molar-refractivity contribution in [3.8, 4) is 11.1 Å². The Hall–Kier alpha value is -2.16. The first-order valence-corrected chi connectivity index (χ1v) is 12.2. The van der Waals surface area contributed by atoms with Crippen LogP contribution in [0, 0.1) is 0 Å². The second-order valence-electron chi connectivity index (χ2n) is 7.61. The van der Waals surface area contributed by atoms with Gasteiger partial charge in [-0.05, 0) is 54.7 Å². The van der Waals surface area contributed by atoms with Crippen LogP contribution in [0.2, 0.25) is 0 Å². The van der Waals surface area contributed by atoms with Gasteiger partial charge < -0.3 is 15.3 Å². The molecule has 0 saturated carbocycles. The molecule has 1 aliphatic heterocycles. The quantitative estimate of drug-likeness (QED) is 0.431. The topological polar surface area (TPSA) is 81.7 Å². The average molecular weight is 460 g/mol. The highest BCUT2D eigenvalue weighted by Gasteiger charge is 2.28. The van der Waals surface area contributed by atoms with Crippen molar-refractivity contribution >= 4 is 42.0 Å². The van der Waals surface area contributed by atoms with Gasteiger partial charge in [0.2, 0.25) is 0 Å². The van der Waals surface area contributed by atoms with Crippen molar-refractivity contribution < 1.29 is 14.7 Å². The van der Waals surface area contributed by atoms with Crippen molar-refractivity contribution in [2.75, 3.05) is 30.5 Å². The molecule has 2 aromatic carbocycles. The largest absolute Gasteiger partial charge is 0.480 e. The number of carboxylic acid groups (broad SMARTS) is 1. The minimum Gasteiger partial charge on any atom is -0.480 e. The summed E-state index contributed by atoms with van der Waals surface area (Å²) in [5, 5.41) is 15.9. The second-order valence-corrected chi connectivity index (χ2v) is 9.26.